The second-order valence-corrected chi connectivity index (χ2v) is 6.06. The van der Waals surface area contributed by atoms with E-state index in [0.29, 0.717) is 5.15 Å². The normalized spacial score (nSPS) is 17.3. The van der Waals surface area contributed by atoms with Crippen molar-refractivity contribution in [3.05, 3.63) is 17.0 Å². The molecular formula is C13H20ClN3. The molecule has 0 aliphatic carbocycles. The predicted octanol–water partition coefficient (Wildman–Crippen LogP) is 3.42. The van der Waals surface area contributed by atoms with Gasteiger partial charge in [0, 0.05) is 24.6 Å². The Bertz CT molecular complexity index is 392. The minimum absolute atomic E-state index is 0.0601. The van der Waals surface area contributed by atoms with Crippen LogP contribution in [0, 0.1) is 0 Å². The summed E-state index contributed by atoms with van der Waals surface area (Å²) < 4.78 is 0. The number of piperidine rings is 1. The second kappa shape index (κ2) is 4.81. The van der Waals surface area contributed by atoms with Crippen LogP contribution in [0.3, 0.4) is 0 Å². The molecule has 3 nitrogen and oxygen atoms in total. The van der Waals surface area contributed by atoms with Gasteiger partial charge in [0.15, 0.2) is 0 Å². The largest absolute Gasteiger partial charge is 0.356 e. The third-order valence-corrected chi connectivity index (χ3v) is 3.23. The van der Waals surface area contributed by atoms with E-state index in [0.717, 1.165) is 24.7 Å². The number of hydrogen-bond donors (Lipinski definition) is 0. The number of nitrogens with zero attached hydrogens (tertiary/aromatic N) is 3. The Balaban J connectivity index is 2.31. The summed E-state index contributed by atoms with van der Waals surface area (Å²) in [5, 5.41) is 0.547. The van der Waals surface area contributed by atoms with Crippen molar-refractivity contribution in [2.75, 3.05) is 18.0 Å². The van der Waals surface area contributed by atoms with Crippen LogP contribution in [0.25, 0.3) is 0 Å². The van der Waals surface area contributed by atoms with Crippen LogP contribution in [0.1, 0.15) is 45.9 Å². The first-order chi connectivity index (χ1) is 7.97. The molecule has 1 fully saturated rings. The molecule has 1 aromatic rings. The molecule has 0 saturated carbocycles. The fourth-order valence-corrected chi connectivity index (χ4v) is 2.20. The first-order valence-corrected chi connectivity index (χ1v) is 6.64. The minimum Gasteiger partial charge on any atom is -0.356 e. The zero-order chi connectivity index (χ0) is 12.5. The molecule has 1 aliphatic rings. The Morgan fingerprint density at radius 1 is 1.12 bits per heavy atom. The zero-order valence-corrected chi connectivity index (χ0v) is 11.6. The van der Waals surface area contributed by atoms with E-state index in [1.165, 1.54) is 19.3 Å². The van der Waals surface area contributed by atoms with E-state index in [4.69, 9.17) is 11.6 Å². The summed E-state index contributed by atoms with van der Waals surface area (Å²) >= 11 is 6.10. The lowest BCUT2D eigenvalue weighted by atomic mass is 9.96. The van der Waals surface area contributed by atoms with Gasteiger partial charge in [0.1, 0.15) is 16.8 Å². The number of hydrogen-bond acceptors (Lipinski definition) is 3. The van der Waals surface area contributed by atoms with Crippen LogP contribution in [0.2, 0.25) is 5.15 Å². The first-order valence-electron chi connectivity index (χ1n) is 6.27. The Morgan fingerprint density at radius 3 is 2.35 bits per heavy atom. The molecule has 1 aliphatic heterocycles. The van der Waals surface area contributed by atoms with Crippen LogP contribution in [0.4, 0.5) is 5.82 Å². The molecule has 0 bridgehead atoms. The smallest absolute Gasteiger partial charge is 0.137 e. The van der Waals surface area contributed by atoms with Crippen LogP contribution in [0.5, 0.6) is 0 Å². The fraction of sp³-hybridized carbons (Fsp3) is 0.692. The summed E-state index contributed by atoms with van der Waals surface area (Å²) in [4.78, 5) is 11.3. The second-order valence-electron chi connectivity index (χ2n) is 5.67. The van der Waals surface area contributed by atoms with E-state index in [1.807, 2.05) is 6.07 Å². The van der Waals surface area contributed by atoms with Gasteiger partial charge in [-0.1, -0.05) is 32.4 Å². The molecule has 4 heteroatoms. The summed E-state index contributed by atoms with van der Waals surface area (Å²) in [7, 11) is 0. The summed E-state index contributed by atoms with van der Waals surface area (Å²) in [5.41, 5.74) is -0.0601. The van der Waals surface area contributed by atoms with Gasteiger partial charge in [-0.3, -0.25) is 0 Å². The molecule has 0 spiro atoms. The maximum absolute atomic E-state index is 6.10. The lowest BCUT2D eigenvalue weighted by molar-refractivity contribution is 0.535. The van der Waals surface area contributed by atoms with E-state index >= 15 is 0 Å². The van der Waals surface area contributed by atoms with Gasteiger partial charge >= 0.3 is 0 Å². The molecule has 0 unspecified atom stereocenters. The highest BCUT2D eigenvalue weighted by Gasteiger charge is 2.21. The highest BCUT2D eigenvalue weighted by Crippen LogP contribution is 2.25. The first kappa shape index (κ1) is 12.6. The average Bonchev–Trinajstić information content (AvgIpc) is 2.28. The summed E-state index contributed by atoms with van der Waals surface area (Å²) in [6.07, 6.45) is 3.81. The predicted molar refractivity (Wildman–Crippen MR) is 71.8 cm³/mol. The number of halogens is 1. The zero-order valence-electron chi connectivity index (χ0n) is 10.8. The van der Waals surface area contributed by atoms with Crippen LogP contribution in [0.15, 0.2) is 6.07 Å². The van der Waals surface area contributed by atoms with Gasteiger partial charge in [0.2, 0.25) is 0 Å². The number of anilines is 1. The quantitative estimate of drug-likeness (QED) is 0.718. The molecule has 2 rings (SSSR count). The van der Waals surface area contributed by atoms with E-state index in [2.05, 4.69) is 35.6 Å². The third kappa shape index (κ3) is 3.09. The van der Waals surface area contributed by atoms with Gasteiger partial charge in [0.05, 0.1) is 0 Å². The minimum atomic E-state index is -0.0601. The average molecular weight is 254 g/mol. The Morgan fingerprint density at radius 2 is 1.76 bits per heavy atom. The SMILES string of the molecule is CC(C)(C)c1nc(Cl)cc(N2CCCCC2)n1. The summed E-state index contributed by atoms with van der Waals surface area (Å²) in [6.45, 7) is 8.49. The monoisotopic (exact) mass is 253 g/mol. The van der Waals surface area contributed by atoms with Crippen LogP contribution in [-0.4, -0.2) is 23.1 Å². The number of rotatable bonds is 1. The Kier molecular flexibility index (Phi) is 3.57. The molecule has 1 aromatic heterocycles. The number of aromatic nitrogens is 2. The molecular weight excluding hydrogens is 234 g/mol. The highest BCUT2D eigenvalue weighted by molar-refractivity contribution is 6.29. The van der Waals surface area contributed by atoms with Gasteiger partial charge in [0.25, 0.3) is 0 Å². The van der Waals surface area contributed by atoms with Crippen molar-refractivity contribution in [1.82, 2.24) is 9.97 Å². The molecule has 0 radical (unpaired) electrons. The molecule has 94 valence electrons. The van der Waals surface area contributed by atoms with Crippen molar-refractivity contribution in [2.24, 2.45) is 0 Å². The van der Waals surface area contributed by atoms with Crippen LogP contribution < -0.4 is 4.90 Å². The van der Waals surface area contributed by atoms with Gasteiger partial charge in [-0.15, -0.1) is 0 Å². The van der Waals surface area contributed by atoms with Crippen molar-refractivity contribution in [3.63, 3.8) is 0 Å². The topological polar surface area (TPSA) is 29.0 Å². The van der Waals surface area contributed by atoms with Crippen LogP contribution in [-0.2, 0) is 5.41 Å². The van der Waals surface area contributed by atoms with Crippen molar-refractivity contribution in [3.8, 4) is 0 Å². The summed E-state index contributed by atoms with van der Waals surface area (Å²) in [6, 6.07) is 1.88. The molecule has 0 atom stereocenters. The third-order valence-electron chi connectivity index (χ3n) is 3.03. The van der Waals surface area contributed by atoms with Crippen LogP contribution >= 0.6 is 11.6 Å². The molecule has 2 heterocycles. The Hall–Kier alpha value is -0.830. The van der Waals surface area contributed by atoms with Gasteiger partial charge in [-0.2, -0.15) is 0 Å². The maximum atomic E-state index is 6.10. The Labute approximate surface area is 108 Å². The molecule has 17 heavy (non-hydrogen) atoms. The van der Waals surface area contributed by atoms with Crippen molar-refractivity contribution in [1.29, 1.82) is 0 Å². The van der Waals surface area contributed by atoms with Gasteiger partial charge in [-0.05, 0) is 19.3 Å². The van der Waals surface area contributed by atoms with E-state index in [9.17, 15) is 0 Å². The van der Waals surface area contributed by atoms with Gasteiger partial charge in [-0.25, -0.2) is 9.97 Å². The summed E-state index contributed by atoms with van der Waals surface area (Å²) in [5.74, 6) is 1.81. The molecule has 0 amide bonds. The van der Waals surface area contributed by atoms with Crippen molar-refractivity contribution < 1.29 is 0 Å². The molecule has 0 aromatic carbocycles. The lowest BCUT2D eigenvalue weighted by Gasteiger charge is -2.29. The van der Waals surface area contributed by atoms with E-state index in [1.54, 1.807) is 0 Å². The molecule has 0 N–H and O–H groups in total. The standard InChI is InChI=1S/C13H20ClN3/c1-13(2,3)12-15-10(14)9-11(16-12)17-7-5-4-6-8-17/h9H,4-8H2,1-3H3. The van der Waals surface area contributed by atoms with Crippen molar-refractivity contribution in [2.45, 2.75) is 45.4 Å². The van der Waals surface area contributed by atoms with Gasteiger partial charge < -0.3 is 4.90 Å². The molecule has 1 saturated heterocycles. The van der Waals surface area contributed by atoms with Crippen molar-refractivity contribution >= 4 is 17.4 Å². The highest BCUT2D eigenvalue weighted by atomic mass is 35.5. The van der Waals surface area contributed by atoms with E-state index < -0.39 is 0 Å². The lowest BCUT2D eigenvalue weighted by Crippen LogP contribution is -2.31. The van der Waals surface area contributed by atoms with E-state index in [-0.39, 0.29) is 5.41 Å². The maximum Gasteiger partial charge on any atom is 0.137 e. The fourth-order valence-electron chi connectivity index (χ4n) is 2.03.